The van der Waals surface area contributed by atoms with Gasteiger partial charge < -0.3 is 5.32 Å². The predicted octanol–water partition coefficient (Wildman–Crippen LogP) is 1.36. The largest absolute Gasteiger partial charge is 0.325 e. The Bertz CT molecular complexity index is 690. The zero-order valence-electron chi connectivity index (χ0n) is 15.1. The molecule has 0 aromatic heterocycles. The van der Waals surface area contributed by atoms with Crippen molar-refractivity contribution >= 4 is 21.8 Å². The van der Waals surface area contributed by atoms with Crippen molar-refractivity contribution in [2.45, 2.75) is 25.7 Å². The van der Waals surface area contributed by atoms with Crippen LogP contribution in [0.3, 0.4) is 0 Å². The van der Waals surface area contributed by atoms with E-state index >= 15 is 0 Å². The van der Waals surface area contributed by atoms with E-state index < -0.39 is 10.2 Å². The number of benzene rings is 1. The molecule has 0 spiro atoms. The number of anilines is 1. The molecule has 2 heterocycles. The van der Waals surface area contributed by atoms with Crippen molar-refractivity contribution in [2.75, 3.05) is 51.1 Å². The Morgan fingerprint density at radius 2 is 1.50 bits per heavy atom. The second kappa shape index (κ2) is 8.94. The molecule has 8 heteroatoms. The van der Waals surface area contributed by atoms with E-state index in [-0.39, 0.29) is 12.5 Å². The molecular formula is C18H28N4O3S. The molecule has 0 radical (unpaired) electrons. The lowest BCUT2D eigenvalue weighted by atomic mass is 10.2. The van der Waals surface area contributed by atoms with E-state index in [9.17, 15) is 13.2 Å². The van der Waals surface area contributed by atoms with E-state index in [1.807, 2.05) is 35.2 Å². The van der Waals surface area contributed by atoms with Crippen molar-refractivity contribution in [3.05, 3.63) is 30.3 Å². The lowest BCUT2D eigenvalue weighted by molar-refractivity contribution is -0.117. The summed E-state index contributed by atoms with van der Waals surface area (Å²) < 4.78 is 28.8. The molecule has 1 N–H and O–H groups in total. The van der Waals surface area contributed by atoms with Gasteiger partial charge in [0.05, 0.1) is 6.54 Å². The number of carbonyl (C=O) groups excluding carboxylic acids is 1. The van der Waals surface area contributed by atoms with Gasteiger partial charge in [0.2, 0.25) is 5.91 Å². The first-order chi connectivity index (χ1) is 12.6. The summed E-state index contributed by atoms with van der Waals surface area (Å²) in [6, 6.07) is 9.37. The molecule has 0 aliphatic carbocycles. The van der Waals surface area contributed by atoms with Crippen LogP contribution in [0.1, 0.15) is 25.7 Å². The fourth-order valence-corrected chi connectivity index (χ4v) is 5.24. The van der Waals surface area contributed by atoms with Gasteiger partial charge in [0.1, 0.15) is 0 Å². The third kappa shape index (κ3) is 5.03. The van der Waals surface area contributed by atoms with Crippen LogP contribution in [0.5, 0.6) is 0 Å². The van der Waals surface area contributed by atoms with Crippen LogP contribution in [0.2, 0.25) is 0 Å². The molecule has 0 atom stereocenters. The molecule has 1 aromatic carbocycles. The van der Waals surface area contributed by atoms with Crippen molar-refractivity contribution in [3.63, 3.8) is 0 Å². The first-order valence-electron chi connectivity index (χ1n) is 9.38. The molecule has 0 saturated carbocycles. The van der Waals surface area contributed by atoms with Crippen molar-refractivity contribution < 1.29 is 13.2 Å². The fourth-order valence-electron chi connectivity index (χ4n) is 3.52. The molecule has 1 aromatic rings. The number of piperidine rings is 1. The molecule has 0 bridgehead atoms. The molecule has 26 heavy (non-hydrogen) atoms. The molecule has 7 nitrogen and oxygen atoms in total. The maximum atomic E-state index is 12.8. The van der Waals surface area contributed by atoms with Crippen LogP contribution in [-0.4, -0.2) is 73.6 Å². The predicted molar refractivity (Wildman–Crippen MR) is 102 cm³/mol. The molecule has 2 saturated heterocycles. The van der Waals surface area contributed by atoms with E-state index in [1.165, 1.54) is 0 Å². The highest BCUT2D eigenvalue weighted by atomic mass is 32.2. The number of para-hydroxylation sites is 1. The Morgan fingerprint density at radius 1 is 0.846 bits per heavy atom. The summed E-state index contributed by atoms with van der Waals surface area (Å²) in [4.78, 5) is 14.3. The number of hydrogen-bond donors (Lipinski definition) is 1. The van der Waals surface area contributed by atoms with E-state index in [4.69, 9.17) is 0 Å². The first kappa shape index (κ1) is 19.3. The normalized spacial score (nSPS) is 21.2. The van der Waals surface area contributed by atoms with Gasteiger partial charge in [-0.05, 0) is 37.9 Å². The molecular weight excluding hydrogens is 352 g/mol. The third-order valence-electron chi connectivity index (χ3n) is 4.94. The smallest absolute Gasteiger partial charge is 0.282 e. The van der Waals surface area contributed by atoms with E-state index in [0.29, 0.717) is 32.7 Å². The van der Waals surface area contributed by atoms with Gasteiger partial charge in [-0.25, -0.2) is 0 Å². The maximum Gasteiger partial charge on any atom is 0.282 e. The molecule has 0 unspecified atom stereocenters. The SMILES string of the molecule is O=C(CN1CCCN(S(=O)(=O)N2CCCCC2)CC1)Nc1ccccc1. The Morgan fingerprint density at radius 3 is 2.23 bits per heavy atom. The van der Waals surface area contributed by atoms with Crippen LogP contribution in [0.4, 0.5) is 5.69 Å². The van der Waals surface area contributed by atoms with E-state index in [2.05, 4.69) is 5.32 Å². The minimum absolute atomic E-state index is 0.0662. The number of hydrogen-bond acceptors (Lipinski definition) is 4. The summed E-state index contributed by atoms with van der Waals surface area (Å²) in [5, 5.41) is 2.88. The molecule has 1 amide bonds. The van der Waals surface area contributed by atoms with Gasteiger partial charge in [0.15, 0.2) is 0 Å². The average Bonchev–Trinajstić information content (AvgIpc) is 2.89. The van der Waals surface area contributed by atoms with Gasteiger partial charge in [-0.3, -0.25) is 9.69 Å². The zero-order valence-corrected chi connectivity index (χ0v) is 16.0. The molecule has 3 rings (SSSR count). The first-order valence-corrected chi connectivity index (χ1v) is 10.8. The van der Waals surface area contributed by atoms with Crippen LogP contribution in [0.25, 0.3) is 0 Å². The van der Waals surface area contributed by atoms with Crippen molar-refractivity contribution in [1.82, 2.24) is 13.5 Å². The third-order valence-corrected chi connectivity index (χ3v) is 6.98. The Hall–Kier alpha value is -1.48. The molecule has 2 aliphatic heterocycles. The van der Waals surface area contributed by atoms with Crippen molar-refractivity contribution in [2.24, 2.45) is 0 Å². The van der Waals surface area contributed by atoms with E-state index in [0.717, 1.165) is 37.9 Å². The summed E-state index contributed by atoms with van der Waals surface area (Å²) in [5.74, 6) is -0.0662. The summed E-state index contributed by atoms with van der Waals surface area (Å²) in [7, 11) is -3.37. The van der Waals surface area contributed by atoms with Gasteiger partial charge >= 0.3 is 0 Å². The monoisotopic (exact) mass is 380 g/mol. The van der Waals surface area contributed by atoms with Crippen LogP contribution >= 0.6 is 0 Å². The highest BCUT2D eigenvalue weighted by Crippen LogP contribution is 2.18. The maximum absolute atomic E-state index is 12.8. The standard InChI is InChI=1S/C18H28N4O3S/c23-18(19-17-8-3-1-4-9-17)16-20-10-7-13-22(15-14-20)26(24,25)21-11-5-2-6-12-21/h1,3-4,8-9H,2,5-7,10-16H2,(H,19,23). The lowest BCUT2D eigenvalue weighted by Crippen LogP contribution is -2.47. The summed E-state index contributed by atoms with van der Waals surface area (Å²) >= 11 is 0. The Kier molecular flexibility index (Phi) is 6.63. The summed E-state index contributed by atoms with van der Waals surface area (Å²) in [6.45, 7) is 3.81. The Labute approximate surface area is 156 Å². The van der Waals surface area contributed by atoms with Gasteiger partial charge in [-0.2, -0.15) is 17.0 Å². The van der Waals surface area contributed by atoms with Gasteiger partial charge in [0.25, 0.3) is 10.2 Å². The van der Waals surface area contributed by atoms with Crippen LogP contribution in [0, 0.1) is 0 Å². The molecule has 2 aliphatic rings. The van der Waals surface area contributed by atoms with Crippen molar-refractivity contribution in [1.29, 1.82) is 0 Å². The quantitative estimate of drug-likeness (QED) is 0.837. The summed E-state index contributed by atoms with van der Waals surface area (Å²) in [6.07, 6.45) is 3.74. The van der Waals surface area contributed by atoms with Crippen LogP contribution < -0.4 is 5.32 Å². The number of amides is 1. The topological polar surface area (TPSA) is 73.0 Å². The zero-order chi connectivity index (χ0) is 18.4. The minimum Gasteiger partial charge on any atom is -0.325 e. The lowest BCUT2D eigenvalue weighted by Gasteiger charge is -2.31. The number of nitrogens with zero attached hydrogens (tertiary/aromatic N) is 3. The highest BCUT2D eigenvalue weighted by Gasteiger charge is 2.32. The van der Waals surface area contributed by atoms with Crippen molar-refractivity contribution in [3.8, 4) is 0 Å². The second-order valence-corrected chi connectivity index (χ2v) is 8.84. The number of rotatable bonds is 5. The van der Waals surface area contributed by atoms with Gasteiger partial charge in [-0.1, -0.05) is 24.6 Å². The number of carbonyl (C=O) groups is 1. The summed E-state index contributed by atoms with van der Waals surface area (Å²) in [5.41, 5.74) is 0.779. The van der Waals surface area contributed by atoms with Crippen LogP contribution in [0.15, 0.2) is 30.3 Å². The fraction of sp³-hybridized carbons (Fsp3) is 0.611. The number of nitrogens with one attached hydrogen (secondary N) is 1. The molecule has 144 valence electrons. The minimum atomic E-state index is -3.37. The average molecular weight is 381 g/mol. The van der Waals surface area contributed by atoms with Gasteiger partial charge in [0, 0.05) is 38.4 Å². The highest BCUT2D eigenvalue weighted by molar-refractivity contribution is 7.86. The second-order valence-electron chi connectivity index (χ2n) is 6.91. The van der Waals surface area contributed by atoms with E-state index in [1.54, 1.807) is 8.61 Å². The van der Waals surface area contributed by atoms with Gasteiger partial charge in [-0.15, -0.1) is 0 Å². The molecule has 2 fully saturated rings. The van der Waals surface area contributed by atoms with Crippen LogP contribution in [-0.2, 0) is 15.0 Å². The Balaban J connectivity index is 1.52.